The molecule has 0 saturated carbocycles. The van der Waals surface area contributed by atoms with Crippen molar-refractivity contribution in [2.45, 2.75) is 38.1 Å². The zero-order valence-electron chi connectivity index (χ0n) is 22.1. The molecule has 1 atom stereocenters. The minimum atomic E-state index is -0.987. The Morgan fingerprint density at radius 2 is 1.74 bits per heavy atom. The van der Waals surface area contributed by atoms with Crippen molar-refractivity contribution in [2.24, 2.45) is 0 Å². The first-order valence-electron chi connectivity index (χ1n) is 13.1. The molecule has 3 heterocycles. The Morgan fingerprint density at radius 1 is 1.00 bits per heavy atom. The molecule has 5 rings (SSSR count). The molecule has 2 fully saturated rings. The standard InChI is InChI=1S/C30H32N4O5/c1-21-7-5-8-22(17-21)29(37)34-26(27(35)32-19-24-10-3-4-14-31-24)20-39-30(34)12-15-33(16-13-30)28(36)23-9-6-11-25(18-23)38-2/h3-11,14,17-18,26H,12-13,15-16,19-20H2,1-2H3,(H,32,35)/t26-/m1/s1. The van der Waals surface area contributed by atoms with Crippen LogP contribution >= 0.6 is 0 Å². The van der Waals surface area contributed by atoms with E-state index >= 15 is 0 Å². The number of nitrogens with zero attached hydrogens (tertiary/aromatic N) is 3. The summed E-state index contributed by atoms with van der Waals surface area (Å²) < 4.78 is 11.6. The number of nitrogens with one attached hydrogen (secondary N) is 1. The summed E-state index contributed by atoms with van der Waals surface area (Å²) in [4.78, 5) is 48.1. The number of hydrogen-bond acceptors (Lipinski definition) is 6. The number of likely N-dealkylation sites (tertiary alicyclic amines) is 1. The van der Waals surface area contributed by atoms with Gasteiger partial charge in [0.2, 0.25) is 5.91 Å². The third-order valence-electron chi connectivity index (χ3n) is 7.37. The molecule has 0 unspecified atom stereocenters. The summed E-state index contributed by atoms with van der Waals surface area (Å²) in [6.07, 6.45) is 2.46. The number of amides is 3. The van der Waals surface area contributed by atoms with E-state index in [1.807, 2.05) is 43.3 Å². The molecule has 9 nitrogen and oxygen atoms in total. The highest BCUT2D eigenvalue weighted by atomic mass is 16.5. The number of methoxy groups -OCH3 is 1. The lowest BCUT2D eigenvalue weighted by Gasteiger charge is -2.44. The van der Waals surface area contributed by atoms with Gasteiger partial charge in [0.05, 0.1) is 26.0 Å². The van der Waals surface area contributed by atoms with Crippen LogP contribution in [0.25, 0.3) is 0 Å². The van der Waals surface area contributed by atoms with Gasteiger partial charge in [-0.2, -0.15) is 0 Å². The monoisotopic (exact) mass is 528 g/mol. The molecule has 0 aliphatic carbocycles. The van der Waals surface area contributed by atoms with Gasteiger partial charge in [0, 0.05) is 43.3 Å². The van der Waals surface area contributed by atoms with Crippen LogP contribution in [0, 0.1) is 6.92 Å². The molecule has 1 aromatic heterocycles. The second kappa shape index (κ2) is 11.2. The molecular formula is C30H32N4O5. The maximum absolute atomic E-state index is 13.9. The van der Waals surface area contributed by atoms with Crippen LogP contribution < -0.4 is 10.1 Å². The lowest BCUT2D eigenvalue weighted by atomic mass is 9.95. The number of rotatable bonds is 6. The summed E-state index contributed by atoms with van der Waals surface area (Å²) >= 11 is 0. The molecule has 0 bridgehead atoms. The van der Waals surface area contributed by atoms with Gasteiger partial charge in [-0.1, -0.05) is 29.8 Å². The lowest BCUT2D eigenvalue weighted by molar-refractivity contribution is -0.128. The van der Waals surface area contributed by atoms with Gasteiger partial charge in [0.1, 0.15) is 17.5 Å². The van der Waals surface area contributed by atoms with E-state index in [2.05, 4.69) is 10.3 Å². The van der Waals surface area contributed by atoms with Crippen LogP contribution in [0.5, 0.6) is 5.75 Å². The minimum absolute atomic E-state index is 0.0788. The predicted molar refractivity (Wildman–Crippen MR) is 144 cm³/mol. The van der Waals surface area contributed by atoms with E-state index in [0.29, 0.717) is 42.8 Å². The van der Waals surface area contributed by atoms with E-state index in [1.54, 1.807) is 53.4 Å². The van der Waals surface area contributed by atoms with Gasteiger partial charge in [-0.15, -0.1) is 0 Å². The number of ether oxygens (including phenoxy) is 2. The average molecular weight is 529 g/mol. The number of piperidine rings is 1. The van der Waals surface area contributed by atoms with Crippen molar-refractivity contribution < 1.29 is 23.9 Å². The largest absolute Gasteiger partial charge is 0.497 e. The van der Waals surface area contributed by atoms with Gasteiger partial charge in [-0.3, -0.25) is 24.3 Å². The second-order valence-electron chi connectivity index (χ2n) is 9.88. The summed E-state index contributed by atoms with van der Waals surface area (Å²) in [6.45, 7) is 3.02. The molecule has 2 aliphatic heterocycles. The maximum atomic E-state index is 13.9. The zero-order chi connectivity index (χ0) is 27.4. The molecular weight excluding hydrogens is 496 g/mol. The number of aromatic nitrogens is 1. The van der Waals surface area contributed by atoms with Gasteiger partial charge in [-0.05, 0) is 49.4 Å². The summed E-state index contributed by atoms with van der Waals surface area (Å²) in [5, 5.41) is 2.92. The Labute approximate surface area is 227 Å². The van der Waals surface area contributed by atoms with Crippen molar-refractivity contribution >= 4 is 17.7 Å². The Kier molecular flexibility index (Phi) is 7.60. The van der Waals surface area contributed by atoms with Gasteiger partial charge < -0.3 is 19.7 Å². The molecule has 3 amide bonds. The summed E-state index contributed by atoms with van der Waals surface area (Å²) in [7, 11) is 1.56. The van der Waals surface area contributed by atoms with Crippen LogP contribution in [-0.4, -0.2) is 71.1 Å². The highest BCUT2D eigenvalue weighted by Gasteiger charge is 2.54. The van der Waals surface area contributed by atoms with Crippen LogP contribution in [0.4, 0.5) is 0 Å². The molecule has 3 aromatic rings. The molecule has 2 aromatic carbocycles. The Balaban J connectivity index is 1.36. The topological polar surface area (TPSA) is 101 Å². The smallest absolute Gasteiger partial charge is 0.256 e. The van der Waals surface area contributed by atoms with Crippen molar-refractivity contribution in [3.63, 3.8) is 0 Å². The normalized spacial score (nSPS) is 18.2. The van der Waals surface area contributed by atoms with Gasteiger partial charge >= 0.3 is 0 Å². The molecule has 1 N–H and O–H groups in total. The number of aryl methyl sites for hydroxylation is 1. The number of carbonyl (C=O) groups excluding carboxylic acids is 3. The third-order valence-corrected chi connectivity index (χ3v) is 7.37. The van der Waals surface area contributed by atoms with E-state index in [0.717, 1.165) is 11.3 Å². The van der Waals surface area contributed by atoms with Crippen molar-refractivity contribution in [3.05, 3.63) is 95.3 Å². The lowest BCUT2D eigenvalue weighted by Crippen LogP contribution is -2.59. The molecule has 202 valence electrons. The minimum Gasteiger partial charge on any atom is -0.497 e. The quantitative estimate of drug-likeness (QED) is 0.528. The summed E-state index contributed by atoms with van der Waals surface area (Å²) in [5.41, 5.74) is 1.72. The zero-order valence-corrected chi connectivity index (χ0v) is 22.1. The average Bonchev–Trinajstić information content (AvgIpc) is 3.34. The van der Waals surface area contributed by atoms with Crippen LogP contribution in [0.3, 0.4) is 0 Å². The SMILES string of the molecule is COc1cccc(C(=O)N2CCC3(CC2)OC[C@H](C(=O)NCc2ccccn2)N3C(=O)c2cccc(C)c2)c1. The van der Waals surface area contributed by atoms with Gasteiger partial charge in [0.15, 0.2) is 0 Å². The van der Waals surface area contributed by atoms with E-state index < -0.39 is 11.8 Å². The number of hydrogen-bond donors (Lipinski definition) is 1. The highest BCUT2D eigenvalue weighted by Crippen LogP contribution is 2.39. The number of pyridine rings is 1. The Hall–Kier alpha value is -4.24. The van der Waals surface area contributed by atoms with E-state index in [4.69, 9.17) is 9.47 Å². The Morgan fingerprint density at radius 3 is 2.44 bits per heavy atom. The fraction of sp³-hybridized carbons (Fsp3) is 0.333. The fourth-order valence-corrected chi connectivity index (χ4v) is 5.28. The first-order valence-corrected chi connectivity index (χ1v) is 13.1. The molecule has 9 heteroatoms. The first-order chi connectivity index (χ1) is 18.9. The van der Waals surface area contributed by atoms with Crippen molar-refractivity contribution in [1.29, 1.82) is 0 Å². The summed E-state index contributed by atoms with van der Waals surface area (Å²) in [5.74, 6) is -0.0546. The third kappa shape index (κ3) is 5.49. The van der Waals surface area contributed by atoms with Crippen molar-refractivity contribution in [2.75, 3.05) is 26.8 Å². The molecule has 0 radical (unpaired) electrons. The van der Waals surface area contributed by atoms with E-state index in [-0.39, 0.29) is 30.9 Å². The number of carbonyl (C=O) groups is 3. The van der Waals surface area contributed by atoms with E-state index in [1.165, 1.54) is 0 Å². The first kappa shape index (κ1) is 26.4. The maximum Gasteiger partial charge on any atom is 0.256 e. The Bertz CT molecular complexity index is 1350. The van der Waals surface area contributed by atoms with Gasteiger partial charge in [0.25, 0.3) is 11.8 Å². The highest BCUT2D eigenvalue weighted by molar-refractivity contribution is 5.99. The van der Waals surface area contributed by atoms with Gasteiger partial charge in [-0.25, -0.2) is 0 Å². The van der Waals surface area contributed by atoms with Crippen molar-refractivity contribution in [3.8, 4) is 5.75 Å². The second-order valence-corrected chi connectivity index (χ2v) is 9.88. The summed E-state index contributed by atoms with van der Waals surface area (Å²) in [6, 6.07) is 19.1. The van der Waals surface area contributed by atoms with Crippen LogP contribution in [0.2, 0.25) is 0 Å². The molecule has 2 saturated heterocycles. The number of benzene rings is 2. The van der Waals surface area contributed by atoms with Crippen LogP contribution in [0.15, 0.2) is 72.9 Å². The van der Waals surface area contributed by atoms with Crippen LogP contribution in [-0.2, 0) is 16.1 Å². The van der Waals surface area contributed by atoms with Crippen LogP contribution in [0.1, 0.15) is 44.8 Å². The molecule has 2 aliphatic rings. The van der Waals surface area contributed by atoms with E-state index in [9.17, 15) is 14.4 Å². The molecule has 39 heavy (non-hydrogen) atoms. The fourth-order valence-electron chi connectivity index (χ4n) is 5.28. The predicted octanol–water partition coefficient (Wildman–Crippen LogP) is 3.19. The molecule has 1 spiro atoms. The van der Waals surface area contributed by atoms with Crippen molar-refractivity contribution in [1.82, 2.24) is 20.1 Å².